The lowest BCUT2D eigenvalue weighted by atomic mass is 9.62. The van der Waals surface area contributed by atoms with E-state index in [0.29, 0.717) is 11.3 Å². The molecule has 1 aromatic rings. The molecule has 1 unspecified atom stereocenters. The first-order chi connectivity index (χ1) is 9.92. The third-order valence-corrected chi connectivity index (χ3v) is 6.70. The highest BCUT2D eigenvalue weighted by Gasteiger charge is 2.46. The summed E-state index contributed by atoms with van der Waals surface area (Å²) in [6, 6.07) is 8.50. The van der Waals surface area contributed by atoms with Crippen molar-refractivity contribution < 1.29 is 9.90 Å². The van der Waals surface area contributed by atoms with Gasteiger partial charge in [0.2, 0.25) is 0 Å². The fraction of sp³-hybridized carbons (Fsp3) is 0.611. The summed E-state index contributed by atoms with van der Waals surface area (Å²) in [7, 11) is 0. The second-order valence-electron chi connectivity index (χ2n) is 7.50. The van der Waals surface area contributed by atoms with E-state index in [0.717, 1.165) is 37.9 Å². The number of thioether (sulfide) groups is 1. The van der Waals surface area contributed by atoms with Crippen molar-refractivity contribution in [1.29, 1.82) is 0 Å². The summed E-state index contributed by atoms with van der Waals surface area (Å²) in [5, 5.41) is 9.86. The van der Waals surface area contributed by atoms with Crippen LogP contribution in [0.1, 0.15) is 57.4 Å². The standard InChI is InChI=1S/C18H24O2S/c1-17(2)7-9-18(10-8-17,16(19)20)11-13-12-21-15-6-4-3-5-14(13)15/h3-6,13H,7-12H2,1-2H3,(H,19,20). The van der Waals surface area contributed by atoms with E-state index >= 15 is 0 Å². The number of hydrogen-bond acceptors (Lipinski definition) is 2. The Morgan fingerprint density at radius 1 is 1.24 bits per heavy atom. The molecule has 0 saturated heterocycles. The molecular formula is C18H24O2S. The Bertz CT molecular complexity index is 540. The Kier molecular flexibility index (Phi) is 3.81. The van der Waals surface area contributed by atoms with Gasteiger partial charge in [0, 0.05) is 10.6 Å². The molecule has 2 aliphatic rings. The lowest BCUT2D eigenvalue weighted by molar-refractivity contribution is -0.153. The van der Waals surface area contributed by atoms with Gasteiger partial charge in [-0.2, -0.15) is 0 Å². The normalized spacial score (nSPS) is 26.3. The van der Waals surface area contributed by atoms with Crippen LogP contribution in [0.5, 0.6) is 0 Å². The Hall–Kier alpha value is -0.960. The molecule has 1 N–H and O–H groups in total. The summed E-state index contributed by atoms with van der Waals surface area (Å²) >= 11 is 1.88. The highest BCUT2D eigenvalue weighted by Crippen LogP contribution is 2.52. The number of benzene rings is 1. The molecule has 1 aliphatic carbocycles. The molecule has 21 heavy (non-hydrogen) atoms. The minimum atomic E-state index is -0.576. The number of carbonyl (C=O) groups is 1. The second kappa shape index (κ2) is 5.35. The molecule has 1 atom stereocenters. The third-order valence-electron chi connectivity index (χ3n) is 5.45. The third kappa shape index (κ3) is 2.85. The summed E-state index contributed by atoms with van der Waals surface area (Å²) in [6.45, 7) is 4.53. The highest BCUT2D eigenvalue weighted by atomic mass is 32.2. The number of carboxylic acid groups (broad SMARTS) is 1. The van der Waals surface area contributed by atoms with E-state index in [2.05, 4.69) is 38.1 Å². The van der Waals surface area contributed by atoms with Crippen molar-refractivity contribution in [2.75, 3.05) is 5.75 Å². The van der Waals surface area contributed by atoms with E-state index in [1.165, 1.54) is 10.5 Å². The zero-order valence-electron chi connectivity index (χ0n) is 12.9. The molecule has 1 saturated carbocycles. The fourth-order valence-electron chi connectivity index (χ4n) is 3.78. The van der Waals surface area contributed by atoms with E-state index in [-0.39, 0.29) is 0 Å². The van der Waals surface area contributed by atoms with Crippen LogP contribution >= 0.6 is 11.8 Å². The molecular weight excluding hydrogens is 280 g/mol. The molecule has 3 heteroatoms. The van der Waals surface area contributed by atoms with Gasteiger partial charge in [-0.05, 0) is 55.1 Å². The first-order valence-corrected chi connectivity index (χ1v) is 8.86. The quantitative estimate of drug-likeness (QED) is 0.859. The van der Waals surface area contributed by atoms with Crippen molar-refractivity contribution in [2.24, 2.45) is 10.8 Å². The largest absolute Gasteiger partial charge is 0.481 e. The van der Waals surface area contributed by atoms with Gasteiger partial charge in [0.05, 0.1) is 5.41 Å². The molecule has 0 spiro atoms. The van der Waals surface area contributed by atoms with Crippen molar-refractivity contribution in [3.8, 4) is 0 Å². The van der Waals surface area contributed by atoms with Gasteiger partial charge in [-0.15, -0.1) is 11.8 Å². The van der Waals surface area contributed by atoms with Gasteiger partial charge in [-0.1, -0.05) is 32.0 Å². The van der Waals surface area contributed by atoms with Crippen LogP contribution in [0.25, 0.3) is 0 Å². The van der Waals surface area contributed by atoms with Gasteiger partial charge in [0.1, 0.15) is 0 Å². The van der Waals surface area contributed by atoms with Gasteiger partial charge in [-0.3, -0.25) is 4.79 Å². The molecule has 1 aromatic carbocycles. The van der Waals surface area contributed by atoms with Crippen LogP contribution < -0.4 is 0 Å². The Morgan fingerprint density at radius 3 is 2.57 bits per heavy atom. The number of hydrogen-bond donors (Lipinski definition) is 1. The average Bonchev–Trinajstić information content (AvgIpc) is 2.84. The molecule has 0 aromatic heterocycles. The zero-order valence-corrected chi connectivity index (χ0v) is 13.7. The van der Waals surface area contributed by atoms with Crippen LogP contribution in [0, 0.1) is 10.8 Å². The lowest BCUT2D eigenvalue weighted by Crippen LogP contribution is -2.39. The summed E-state index contributed by atoms with van der Waals surface area (Å²) in [4.78, 5) is 13.3. The molecule has 1 fully saturated rings. The fourth-order valence-corrected chi connectivity index (χ4v) is 5.03. The number of fused-ring (bicyclic) bond motifs is 1. The molecule has 0 amide bonds. The molecule has 114 valence electrons. The summed E-state index contributed by atoms with van der Waals surface area (Å²) in [5.41, 5.74) is 1.17. The van der Waals surface area contributed by atoms with E-state index in [1.807, 2.05) is 11.8 Å². The van der Waals surface area contributed by atoms with Crippen molar-refractivity contribution in [1.82, 2.24) is 0 Å². The van der Waals surface area contributed by atoms with Crippen LogP contribution in [0.15, 0.2) is 29.2 Å². The minimum Gasteiger partial charge on any atom is -0.481 e. The number of aliphatic carboxylic acids is 1. The van der Waals surface area contributed by atoms with Crippen LogP contribution in [0.2, 0.25) is 0 Å². The molecule has 2 nitrogen and oxygen atoms in total. The molecule has 0 bridgehead atoms. The summed E-state index contributed by atoms with van der Waals surface area (Å²) < 4.78 is 0. The van der Waals surface area contributed by atoms with Gasteiger partial charge < -0.3 is 5.11 Å². The smallest absolute Gasteiger partial charge is 0.309 e. The van der Waals surface area contributed by atoms with E-state index < -0.39 is 11.4 Å². The van der Waals surface area contributed by atoms with Crippen molar-refractivity contribution in [3.63, 3.8) is 0 Å². The Morgan fingerprint density at radius 2 is 1.90 bits per heavy atom. The molecule has 3 rings (SSSR count). The minimum absolute atomic E-state index is 0.307. The predicted octanol–water partition coefficient (Wildman–Crippen LogP) is 4.94. The molecule has 1 heterocycles. The molecule has 1 aliphatic heterocycles. The maximum Gasteiger partial charge on any atom is 0.309 e. The first-order valence-electron chi connectivity index (χ1n) is 7.87. The Labute approximate surface area is 131 Å². The van der Waals surface area contributed by atoms with Crippen LogP contribution in [-0.4, -0.2) is 16.8 Å². The highest BCUT2D eigenvalue weighted by molar-refractivity contribution is 7.99. The van der Waals surface area contributed by atoms with Crippen molar-refractivity contribution >= 4 is 17.7 Å². The van der Waals surface area contributed by atoms with Gasteiger partial charge in [-0.25, -0.2) is 0 Å². The van der Waals surface area contributed by atoms with Gasteiger partial charge in [0.25, 0.3) is 0 Å². The van der Waals surface area contributed by atoms with E-state index in [4.69, 9.17) is 0 Å². The predicted molar refractivity (Wildman–Crippen MR) is 86.8 cm³/mol. The SMILES string of the molecule is CC1(C)CCC(CC2CSc3ccccc32)(C(=O)O)CC1. The van der Waals surface area contributed by atoms with Crippen LogP contribution in [-0.2, 0) is 4.79 Å². The maximum atomic E-state index is 12.0. The van der Waals surface area contributed by atoms with Gasteiger partial charge in [0.15, 0.2) is 0 Å². The topological polar surface area (TPSA) is 37.3 Å². The monoisotopic (exact) mass is 304 g/mol. The van der Waals surface area contributed by atoms with Crippen LogP contribution in [0.3, 0.4) is 0 Å². The van der Waals surface area contributed by atoms with E-state index in [9.17, 15) is 9.90 Å². The summed E-state index contributed by atoms with van der Waals surface area (Å²) in [6.07, 6.45) is 4.53. The lowest BCUT2D eigenvalue weighted by Gasteiger charge is -2.42. The number of carboxylic acids is 1. The summed E-state index contributed by atoms with van der Waals surface area (Å²) in [5.74, 6) is 0.869. The molecule has 0 radical (unpaired) electrons. The van der Waals surface area contributed by atoms with E-state index in [1.54, 1.807) is 0 Å². The van der Waals surface area contributed by atoms with Gasteiger partial charge >= 0.3 is 5.97 Å². The zero-order chi connectivity index (χ0) is 15.1. The van der Waals surface area contributed by atoms with Crippen molar-refractivity contribution in [3.05, 3.63) is 29.8 Å². The van der Waals surface area contributed by atoms with Crippen LogP contribution in [0.4, 0.5) is 0 Å². The van der Waals surface area contributed by atoms with Crippen molar-refractivity contribution in [2.45, 2.75) is 56.8 Å². The Balaban J connectivity index is 1.80. The second-order valence-corrected chi connectivity index (χ2v) is 8.56. The average molecular weight is 304 g/mol. The maximum absolute atomic E-state index is 12.0. The first kappa shape index (κ1) is 15.0. The number of rotatable bonds is 3.